The van der Waals surface area contributed by atoms with Crippen LogP contribution >= 0.6 is 23.6 Å². The first-order valence-corrected chi connectivity index (χ1v) is 25.3. The van der Waals surface area contributed by atoms with Crippen LogP contribution in [-0.4, -0.2) is 107 Å². The number of halogens is 3. The fourth-order valence-corrected chi connectivity index (χ4v) is 9.92. The average Bonchev–Trinajstić information content (AvgIpc) is 3.99. The first-order valence-electron chi connectivity index (χ1n) is 24.1. The Labute approximate surface area is 434 Å². The number of alkyl halides is 3. The van der Waals surface area contributed by atoms with Crippen molar-refractivity contribution in [2.24, 2.45) is 10.8 Å². The van der Waals surface area contributed by atoms with E-state index in [9.17, 15) is 42.7 Å². The second kappa shape index (κ2) is 23.5. The van der Waals surface area contributed by atoms with Crippen molar-refractivity contribution >= 4 is 63.7 Å². The molecule has 6 rings (SSSR count). The Morgan fingerprint density at radius 2 is 1.62 bits per heavy atom. The Kier molecular flexibility index (Phi) is 18.1. The summed E-state index contributed by atoms with van der Waals surface area (Å²) < 4.78 is 58.8. The van der Waals surface area contributed by atoms with Crippen LogP contribution in [0.3, 0.4) is 0 Å². The van der Waals surface area contributed by atoms with E-state index in [2.05, 4.69) is 29.5 Å². The van der Waals surface area contributed by atoms with Crippen LogP contribution in [0, 0.1) is 29.1 Å². The summed E-state index contributed by atoms with van der Waals surface area (Å²) in [5, 5.41) is 25.5. The van der Waals surface area contributed by atoms with Gasteiger partial charge >= 0.3 is 6.18 Å². The number of hydrogen-bond acceptors (Lipinski definition) is 12. The van der Waals surface area contributed by atoms with Gasteiger partial charge in [-0.3, -0.25) is 24.1 Å². The van der Waals surface area contributed by atoms with Crippen molar-refractivity contribution in [3.05, 3.63) is 94.6 Å². The maximum Gasteiger partial charge on any atom is 0.417 e. The number of carbonyl (C=O) groups is 4. The standard InChI is InChI=1S/C53H64F3N7O8S2/c1-33-44(73-32-59-33)35-12-10-34(11-13-35)29-58-46(66)42-27-39(64)30-61(42)47(67)45(50(2,3)4)60-43(65)31-70-23-9-22-69-24-20-51(5,6)21-25-71-40-18-16-37(17-19-40)63-49(72)62(48(68)52(63,7)8)38-15-14-36(28-57)41(26-38)53(54,55)56/h10-19,26,32,39,42,45,64H,9,20-25,27,29-31H2,1-8H3,(H,58,66)(H,60,65)/t39-,42+,45-/m1/s1. The van der Waals surface area contributed by atoms with Crippen molar-refractivity contribution < 1.29 is 51.7 Å². The van der Waals surface area contributed by atoms with Gasteiger partial charge in [-0.1, -0.05) is 58.9 Å². The predicted molar refractivity (Wildman–Crippen MR) is 276 cm³/mol. The number of benzene rings is 3. The van der Waals surface area contributed by atoms with Crippen LogP contribution < -0.4 is 25.2 Å². The number of aryl methyl sites for hydroxylation is 1. The number of anilines is 2. The zero-order valence-electron chi connectivity index (χ0n) is 42.4. The molecule has 3 atom stereocenters. The largest absolute Gasteiger partial charge is 0.494 e. The summed E-state index contributed by atoms with van der Waals surface area (Å²) in [5.41, 5.74) is 1.34. The molecular formula is C53H64F3N7O8S2. The maximum atomic E-state index is 14.0. The second-order valence-corrected chi connectivity index (χ2v) is 21.8. The summed E-state index contributed by atoms with van der Waals surface area (Å²) in [4.78, 5) is 63.5. The Bertz CT molecular complexity index is 2660. The molecule has 0 saturated carbocycles. The quantitative estimate of drug-likeness (QED) is 0.0536. The average molecular weight is 1050 g/mol. The molecule has 0 bridgehead atoms. The van der Waals surface area contributed by atoms with Crippen LogP contribution in [-0.2, 0) is 41.4 Å². The van der Waals surface area contributed by atoms with Crippen molar-refractivity contribution in [1.29, 1.82) is 5.26 Å². The lowest BCUT2D eigenvalue weighted by atomic mass is 9.85. The molecule has 4 amide bonds. The molecule has 2 saturated heterocycles. The van der Waals surface area contributed by atoms with Gasteiger partial charge in [-0.2, -0.15) is 18.4 Å². The summed E-state index contributed by atoms with van der Waals surface area (Å²) in [5.74, 6) is -1.27. The highest BCUT2D eigenvalue weighted by molar-refractivity contribution is 7.81. The molecule has 15 nitrogen and oxygen atoms in total. The number of amides is 4. The summed E-state index contributed by atoms with van der Waals surface area (Å²) in [6.45, 7) is 16.4. The topological polar surface area (TPSA) is 187 Å². The molecule has 4 aromatic rings. The number of ether oxygens (including phenoxy) is 3. The fraction of sp³-hybridized carbons (Fsp3) is 0.491. The molecular weight excluding hydrogens is 984 g/mol. The van der Waals surface area contributed by atoms with Gasteiger partial charge in [0, 0.05) is 45.0 Å². The van der Waals surface area contributed by atoms with Crippen LogP contribution in [0.15, 0.2) is 72.2 Å². The van der Waals surface area contributed by atoms with E-state index in [1.807, 2.05) is 52.0 Å². The van der Waals surface area contributed by atoms with E-state index >= 15 is 0 Å². The number of aromatic nitrogens is 1. The minimum atomic E-state index is -4.80. The van der Waals surface area contributed by atoms with Crippen molar-refractivity contribution in [3.8, 4) is 22.3 Å². The van der Waals surface area contributed by atoms with Gasteiger partial charge in [0.2, 0.25) is 17.7 Å². The fourth-order valence-electron chi connectivity index (χ4n) is 8.58. The summed E-state index contributed by atoms with van der Waals surface area (Å²) >= 11 is 7.21. The first kappa shape index (κ1) is 56.3. The number of aliphatic hydroxyl groups is 1. The van der Waals surface area contributed by atoms with Crippen molar-refractivity contribution in [2.75, 3.05) is 49.4 Å². The Morgan fingerprint density at radius 3 is 2.25 bits per heavy atom. The molecule has 0 aliphatic carbocycles. The molecule has 0 radical (unpaired) electrons. The SMILES string of the molecule is Cc1ncsc1-c1ccc(CNC(=O)[C@@H]2C[C@@H](O)CN2C(=O)[C@@H](NC(=O)COCCCOCCC(C)(C)CCOc2ccc(N3C(=S)N(c4ccc(C#N)c(C(F)(F)F)c4)C(=O)C3(C)C)cc2)C(C)(C)C)cc1. The van der Waals surface area contributed by atoms with E-state index in [4.69, 9.17) is 26.4 Å². The smallest absolute Gasteiger partial charge is 0.417 e. The van der Waals surface area contributed by atoms with Crippen molar-refractivity contribution in [1.82, 2.24) is 20.5 Å². The molecule has 3 heterocycles. The highest BCUT2D eigenvalue weighted by Crippen LogP contribution is 2.40. The number of nitriles is 1. The highest BCUT2D eigenvalue weighted by Gasteiger charge is 2.51. The van der Waals surface area contributed by atoms with Crippen LogP contribution in [0.2, 0.25) is 0 Å². The predicted octanol–water partition coefficient (Wildman–Crippen LogP) is 8.34. The number of β-amino-alcohol motifs (C(OH)–C–C–N with tert-alkyl or cyclic N) is 1. The summed E-state index contributed by atoms with van der Waals surface area (Å²) in [7, 11) is 0. The molecule has 2 fully saturated rings. The van der Waals surface area contributed by atoms with Crippen molar-refractivity contribution in [3.63, 3.8) is 0 Å². The van der Waals surface area contributed by atoms with E-state index in [1.165, 1.54) is 11.0 Å². The highest BCUT2D eigenvalue weighted by atomic mass is 32.1. The van der Waals surface area contributed by atoms with Crippen LogP contribution in [0.1, 0.15) is 96.5 Å². The molecule has 73 heavy (non-hydrogen) atoms. The monoisotopic (exact) mass is 1050 g/mol. The summed E-state index contributed by atoms with van der Waals surface area (Å²) in [6.07, 6.45) is -3.62. The lowest BCUT2D eigenvalue weighted by Crippen LogP contribution is -2.58. The maximum absolute atomic E-state index is 14.0. The molecule has 3 aromatic carbocycles. The van der Waals surface area contributed by atoms with Gasteiger partial charge in [0.05, 0.1) is 51.7 Å². The third-order valence-electron chi connectivity index (χ3n) is 12.9. The van der Waals surface area contributed by atoms with E-state index in [0.29, 0.717) is 44.1 Å². The van der Waals surface area contributed by atoms with Gasteiger partial charge in [-0.05, 0) is 117 Å². The van der Waals surface area contributed by atoms with Gasteiger partial charge in [-0.15, -0.1) is 11.3 Å². The lowest BCUT2D eigenvalue weighted by Gasteiger charge is -2.35. The molecule has 3 N–H and O–H groups in total. The number of thiazole rings is 1. The van der Waals surface area contributed by atoms with Gasteiger partial charge in [0.1, 0.15) is 30.0 Å². The minimum absolute atomic E-state index is 0.00238. The zero-order valence-corrected chi connectivity index (χ0v) is 44.1. The number of nitrogens with zero attached hydrogens (tertiary/aromatic N) is 5. The zero-order chi connectivity index (χ0) is 53.5. The number of likely N-dealkylation sites (tertiary alicyclic amines) is 1. The second-order valence-electron chi connectivity index (χ2n) is 20.6. The van der Waals surface area contributed by atoms with Crippen LogP contribution in [0.5, 0.6) is 5.75 Å². The van der Waals surface area contributed by atoms with E-state index in [0.717, 1.165) is 45.2 Å². The number of hydrogen-bond donors (Lipinski definition) is 3. The summed E-state index contributed by atoms with van der Waals surface area (Å²) in [6, 6.07) is 17.5. The van der Waals surface area contributed by atoms with Gasteiger partial charge in [-0.25, -0.2) is 4.98 Å². The third kappa shape index (κ3) is 14.0. The van der Waals surface area contributed by atoms with E-state index in [-0.39, 0.29) is 54.8 Å². The van der Waals surface area contributed by atoms with E-state index in [1.54, 1.807) is 65.9 Å². The number of rotatable bonds is 21. The molecule has 2 aliphatic rings. The minimum Gasteiger partial charge on any atom is -0.494 e. The molecule has 20 heteroatoms. The van der Waals surface area contributed by atoms with Gasteiger partial charge in [0.25, 0.3) is 5.91 Å². The number of aliphatic hydroxyl groups excluding tert-OH is 1. The molecule has 2 aliphatic heterocycles. The normalized spacial score (nSPS) is 17.4. The third-order valence-corrected chi connectivity index (χ3v) is 14.3. The number of thiocarbonyl (C=S) groups is 1. The van der Waals surface area contributed by atoms with Gasteiger partial charge < -0.3 is 39.8 Å². The Balaban J connectivity index is 0.880. The molecule has 1 aromatic heterocycles. The number of nitrogens with one attached hydrogen (secondary N) is 2. The molecule has 0 unspecified atom stereocenters. The van der Waals surface area contributed by atoms with Crippen LogP contribution in [0.25, 0.3) is 10.4 Å². The van der Waals surface area contributed by atoms with Crippen molar-refractivity contribution in [2.45, 2.75) is 118 Å². The number of carbonyl (C=O) groups excluding carboxylic acids is 4. The Hall–Kier alpha value is -5.98. The lowest BCUT2D eigenvalue weighted by molar-refractivity contribution is -0.144. The Morgan fingerprint density at radius 1 is 0.959 bits per heavy atom. The van der Waals surface area contributed by atoms with E-state index < -0.39 is 64.2 Å². The molecule has 392 valence electrons. The van der Waals surface area contributed by atoms with Gasteiger partial charge in [0.15, 0.2) is 5.11 Å². The first-order chi connectivity index (χ1) is 34.3. The van der Waals surface area contributed by atoms with Crippen LogP contribution in [0.4, 0.5) is 24.5 Å². The molecule has 0 spiro atoms.